The van der Waals surface area contributed by atoms with Gasteiger partial charge in [-0.05, 0) is 44.9 Å². The van der Waals surface area contributed by atoms with Crippen LogP contribution in [0, 0.1) is 0 Å². The number of hydrogen-bond donors (Lipinski definition) is 2. The zero-order valence-electron chi connectivity index (χ0n) is 21.8. The van der Waals surface area contributed by atoms with Crippen LogP contribution in [-0.2, 0) is 4.79 Å². The molecule has 0 bridgehead atoms. The summed E-state index contributed by atoms with van der Waals surface area (Å²) in [4.78, 5) is 10.4. The highest BCUT2D eigenvalue weighted by Crippen LogP contribution is 2.13. The molecule has 0 saturated heterocycles. The molecule has 2 N–H and O–H groups in total. The number of aliphatic hydroxyl groups is 1. The summed E-state index contributed by atoms with van der Waals surface area (Å²) < 4.78 is 0. The van der Waals surface area contributed by atoms with Crippen LogP contribution in [0.15, 0.2) is 24.3 Å². The van der Waals surface area contributed by atoms with Gasteiger partial charge in [0.25, 0.3) is 0 Å². The zero-order valence-corrected chi connectivity index (χ0v) is 21.8. The summed E-state index contributed by atoms with van der Waals surface area (Å²) in [6, 6.07) is 0. The Labute approximate surface area is 206 Å². The molecule has 0 aliphatic carbocycles. The Balaban J connectivity index is 3.16. The molecule has 0 fully saturated rings. The van der Waals surface area contributed by atoms with E-state index in [1.807, 2.05) is 0 Å². The zero-order chi connectivity index (χ0) is 24.1. The standard InChI is InChI=1S/C30H56O3/c31-29-27-25-23-21-19-17-15-13-11-9-7-5-3-1-2-4-6-8-10-12-14-16-18-20-22-24-26-28-30(32)33/h1-2,5,7,31H,3-4,6,8-29H2,(H,32,33). The third kappa shape index (κ3) is 30.9. The lowest BCUT2D eigenvalue weighted by Crippen LogP contribution is -1.93. The number of aliphatic carboxylic acids is 1. The van der Waals surface area contributed by atoms with Crippen LogP contribution >= 0.6 is 0 Å². The molecule has 0 atom stereocenters. The van der Waals surface area contributed by atoms with Gasteiger partial charge in [0.15, 0.2) is 0 Å². The number of carbonyl (C=O) groups is 1. The summed E-state index contributed by atoms with van der Waals surface area (Å²) in [5.74, 6) is -0.660. The maximum absolute atomic E-state index is 10.4. The van der Waals surface area contributed by atoms with E-state index in [0.717, 1.165) is 25.7 Å². The molecule has 0 aliphatic heterocycles. The van der Waals surface area contributed by atoms with Crippen molar-refractivity contribution in [1.82, 2.24) is 0 Å². The lowest BCUT2D eigenvalue weighted by Gasteiger charge is -2.02. The van der Waals surface area contributed by atoms with Gasteiger partial charge in [0.2, 0.25) is 0 Å². The Hall–Kier alpha value is -1.09. The monoisotopic (exact) mass is 464 g/mol. The maximum Gasteiger partial charge on any atom is 0.303 e. The van der Waals surface area contributed by atoms with Gasteiger partial charge < -0.3 is 10.2 Å². The van der Waals surface area contributed by atoms with E-state index in [1.165, 1.54) is 122 Å². The van der Waals surface area contributed by atoms with Crippen molar-refractivity contribution < 1.29 is 15.0 Å². The first-order valence-electron chi connectivity index (χ1n) is 14.4. The lowest BCUT2D eigenvalue weighted by molar-refractivity contribution is -0.137. The Bertz CT molecular complexity index is 442. The Morgan fingerprint density at radius 3 is 1.15 bits per heavy atom. The van der Waals surface area contributed by atoms with Gasteiger partial charge in [0.05, 0.1) is 0 Å². The quantitative estimate of drug-likeness (QED) is 0.0939. The van der Waals surface area contributed by atoms with Gasteiger partial charge in [-0.1, -0.05) is 127 Å². The molecule has 0 spiro atoms. The van der Waals surface area contributed by atoms with Gasteiger partial charge in [0.1, 0.15) is 0 Å². The minimum Gasteiger partial charge on any atom is -0.481 e. The smallest absolute Gasteiger partial charge is 0.303 e. The number of allylic oxidation sites excluding steroid dienone is 4. The first kappa shape index (κ1) is 31.9. The highest BCUT2D eigenvalue weighted by Gasteiger charge is 1.97. The van der Waals surface area contributed by atoms with Gasteiger partial charge in [-0.2, -0.15) is 0 Å². The highest BCUT2D eigenvalue weighted by atomic mass is 16.4. The molecule has 0 rings (SSSR count). The third-order valence-corrected chi connectivity index (χ3v) is 6.40. The van der Waals surface area contributed by atoms with E-state index in [4.69, 9.17) is 10.2 Å². The number of carboxylic acid groups (broad SMARTS) is 1. The summed E-state index contributed by atoms with van der Waals surface area (Å²) in [6.07, 6.45) is 38.7. The van der Waals surface area contributed by atoms with Crippen LogP contribution in [0.5, 0.6) is 0 Å². The average Bonchev–Trinajstić information content (AvgIpc) is 2.80. The minimum absolute atomic E-state index is 0.334. The first-order chi connectivity index (χ1) is 16.3. The molecule has 33 heavy (non-hydrogen) atoms. The molecule has 0 aromatic heterocycles. The molecular formula is C30H56O3. The Kier molecular flexibility index (Phi) is 28.0. The van der Waals surface area contributed by atoms with Crippen LogP contribution in [0.1, 0.15) is 154 Å². The van der Waals surface area contributed by atoms with Gasteiger partial charge in [0, 0.05) is 13.0 Å². The molecule has 0 heterocycles. The van der Waals surface area contributed by atoms with E-state index in [0.29, 0.717) is 13.0 Å². The molecule has 0 radical (unpaired) electrons. The van der Waals surface area contributed by atoms with Gasteiger partial charge >= 0.3 is 5.97 Å². The summed E-state index contributed by atoms with van der Waals surface area (Å²) in [5, 5.41) is 17.3. The number of hydrogen-bond acceptors (Lipinski definition) is 2. The lowest BCUT2D eigenvalue weighted by atomic mass is 10.0. The van der Waals surface area contributed by atoms with Crippen LogP contribution < -0.4 is 0 Å². The maximum atomic E-state index is 10.4. The molecule has 3 heteroatoms. The summed E-state index contributed by atoms with van der Waals surface area (Å²) in [7, 11) is 0. The van der Waals surface area contributed by atoms with Crippen LogP contribution in [-0.4, -0.2) is 22.8 Å². The molecular weight excluding hydrogens is 408 g/mol. The van der Waals surface area contributed by atoms with Gasteiger partial charge in [-0.25, -0.2) is 0 Å². The van der Waals surface area contributed by atoms with Crippen molar-refractivity contribution in [3.63, 3.8) is 0 Å². The number of rotatable bonds is 27. The second-order valence-electron chi connectivity index (χ2n) is 9.69. The fourth-order valence-corrected chi connectivity index (χ4v) is 4.25. The van der Waals surface area contributed by atoms with Crippen LogP contribution in [0.2, 0.25) is 0 Å². The Morgan fingerprint density at radius 2 is 0.788 bits per heavy atom. The summed E-state index contributed by atoms with van der Waals surface area (Å²) >= 11 is 0. The van der Waals surface area contributed by atoms with E-state index in [-0.39, 0.29) is 0 Å². The molecule has 0 aromatic rings. The van der Waals surface area contributed by atoms with Crippen molar-refractivity contribution in [3.05, 3.63) is 24.3 Å². The molecule has 0 amide bonds. The van der Waals surface area contributed by atoms with Crippen molar-refractivity contribution in [2.24, 2.45) is 0 Å². The van der Waals surface area contributed by atoms with E-state index in [2.05, 4.69) is 24.3 Å². The van der Waals surface area contributed by atoms with Crippen molar-refractivity contribution in [1.29, 1.82) is 0 Å². The van der Waals surface area contributed by atoms with Gasteiger partial charge in [-0.15, -0.1) is 0 Å². The van der Waals surface area contributed by atoms with Crippen molar-refractivity contribution in [3.8, 4) is 0 Å². The predicted molar refractivity (Wildman–Crippen MR) is 144 cm³/mol. The molecule has 0 unspecified atom stereocenters. The molecule has 0 aliphatic rings. The molecule has 0 aromatic carbocycles. The fraction of sp³-hybridized carbons (Fsp3) is 0.833. The predicted octanol–water partition coefficient (Wildman–Crippen LogP) is 9.54. The second kappa shape index (κ2) is 28.9. The second-order valence-corrected chi connectivity index (χ2v) is 9.69. The van der Waals surface area contributed by atoms with Crippen LogP contribution in [0.4, 0.5) is 0 Å². The number of carboxylic acids is 1. The van der Waals surface area contributed by atoms with E-state index in [1.54, 1.807) is 0 Å². The van der Waals surface area contributed by atoms with Gasteiger partial charge in [-0.3, -0.25) is 4.79 Å². The summed E-state index contributed by atoms with van der Waals surface area (Å²) in [6.45, 7) is 0.354. The normalized spacial score (nSPS) is 11.8. The van der Waals surface area contributed by atoms with Crippen LogP contribution in [0.25, 0.3) is 0 Å². The first-order valence-corrected chi connectivity index (χ1v) is 14.4. The van der Waals surface area contributed by atoms with Crippen LogP contribution in [0.3, 0.4) is 0 Å². The highest BCUT2D eigenvalue weighted by molar-refractivity contribution is 5.66. The van der Waals surface area contributed by atoms with E-state index < -0.39 is 5.97 Å². The molecule has 3 nitrogen and oxygen atoms in total. The third-order valence-electron chi connectivity index (χ3n) is 6.40. The van der Waals surface area contributed by atoms with Crippen molar-refractivity contribution in [2.45, 2.75) is 154 Å². The SMILES string of the molecule is O=C(O)CCCCCCCCCCCCCC=CCC=CCCCCCCCCCCCO. The van der Waals surface area contributed by atoms with E-state index in [9.17, 15) is 4.79 Å². The Morgan fingerprint density at radius 1 is 0.455 bits per heavy atom. The summed E-state index contributed by atoms with van der Waals surface area (Å²) in [5.41, 5.74) is 0. The molecule has 194 valence electrons. The largest absolute Gasteiger partial charge is 0.481 e. The fourth-order valence-electron chi connectivity index (χ4n) is 4.25. The van der Waals surface area contributed by atoms with Crippen molar-refractivity contribution >= 4 is 5.97 Å². The topological polar surface area (TPSA) is 57.5 Å². The minimum atomic E-state index is -0.660. The van der Waals surface area contributed by atoms with Crippen molar-refractivity contribution in [2.75, 3.05) is 6.61 Å². The number of unbranched alkanes of at least 4 members (excludes halogenated alkanes) is 20. The average molecular weight is 465 g/mol. The van der Waals surface area contributed by atoms with E-state index >= 15 is 0 Å². The number of aliphatic hydroxyl groups excluding tert-OH is 1. The molecule has 0 saturated carbocycles.